The molecule has 0 aliphatic rings. The lowest BCUT2D eigenvalue weighted by molar-refractivity contribution is 0.0957. The number of amides is 1. The Morgan fingerprint density at radius 2 is 2.47 bits per heavy atom. The summed E-state index contributed by atoms with van der Waals surface area (Å²) in [5, 5.41) is 6.11. The number of nitrogens with zero attached hydrogens (tertiary/aromatic N) is 3. The Morgan fingerprint density at radius 3 is 3.07 bits per heavy atom. The van der Waals surface area contributed by atoms with Gasteiger partial charge in [-0.1, -0.05) is 5.11 Å². The molecule has 0 atom stereocenters. The summed E-state index contributed by atoms with van der Waals surface area (Å²) in [5.74, 6) is -0.0911. The summed E-state index contributed by atoms with van der Waals surface area (Å²) in [5.41, 5.74) is 8.02. The van der Waals surface area contributed by atoms with Gasteiger partial charge in [0.05, 0.1) is 8.66 Å². The molecule has 0 aliphatic heterocycles. The van der Waals surface area contributed by atoms with Crippen LogP contribution in [0.15, 0.2) is 21.0 Å². The Morgan fingerprint density at radius 1 is 1.67 bits per heavy atom. The van der Waals surface area contributed by atoms with Gasteiger partial charge in [0.1, 0.15) is 0 Å². The van der Waals surface area contributed by atoms with Crippen molar-refractivity contribution in [1.29, 1.82) is 0 Å². The fourth-order valence-electron chi connectivity index (χ4n) is 0.920. The van der Waals surface area contributed by atoms with E-state index in [4.69, 9.17) is 5.53 Å². The predicted molar refractivity (Wildman–Crippen MR) is 63.0 cm³/mol. The summed E-state index contributed by atoms with van der Waals surface area (Å²) in [6.07, 6.45) is 0.655. The number of hydrogen-bond donors (Lipinski definition) is 1. The van der Waals surface area contributed by atoms with Gasteiger partial charge in [0, 0.05) is 18.0 Å². The molecular weight excluding hydrogens is 280 g/mol. The highest BCUT2D eigenvalue weighted by atomic mass is 79.9. The zero-order chi connectivity index (χ0) is 11.1. The highest BCUT2D eigenvalue weighted by molar-refractivity contribution is 9.11. The number of hydrogen-bond acceptors (Lipinski definition) is 3. The second kappa shape index (κ2) is 6.44. The Balaban J connectivity index is 2.27. The van der Waals surface area contributed by atoms with E-state index in [1.807, 2.05) is 6.07 Å². The van der Waals surface area contributed by atoms with Crippen LogP contribution in [0.2, 0.25) is 0 Å². The lowest BCUT2D eigenvalue weighted by Gasteiger charge is -2.00. The van der Waals surface area contributed by atoms with Gasteiger partial charge >= 0.3 is 0 Å². The van der Waals surface area contributed by atoms with Gasteiger partial charge in [0.2, 0.25) is 0 Å². The molecule has 0 fully saturated rings. The zero-order valence-corrected chi connectivity index (χ0v) is 10.2. The zero-order valence-electron chi connectivity index (χ0n) is 7.81. The number of carbonyl (C=O) groups excluding carboxylic acids is 1. The molecule has 1 aromatic heterocycles. The summed E-state index contributed by atoms with van der Waals surface area (Å²) in [7, 11) is 0. The molecule has 0 spiro atoms. The Labute approximate surface area is 99.2 Å². The second-order valence-corrected chi connectivity index (χ2v) is 5.13. The Bertz CT molecular complexity index is 386. The maximum Gasteiger partial charge on any atom is 0.261 e. The first-order valence-electron chi connectivity index (χ1n) is 4.28. The van der Waals surface area contributed by atoms with E-state index in [0.717, 1.165) is 3.79 Å². The first-order chi connectivity index (χ1) is 7.24. The van der Waals surface area contributed by atoms with Crippen LogP contribution in [-0.4, -0.2) is 19.0 Å². The first kappa shape index (κ1) is 12.0. The van der Waals surface area contributed by atoms with E-state index in [-0.39, 0.29) is 5.91 Å². The third-order valence-electron chi connectivity index (χ3n) is 1.58. The minimum absolute atomic E-state index is 0.0911. The van der Waals surface area contributed by atoms with Crippen molar-refractivity contribution in [2.45, 2.75) is 6.42 Å². The fourth-order valence-corrected chi connectivity index (χ4v) is 2.22. The Kier molecular flexibility index (Phi) is 5.17. The second-order valence-electron chi connectivity index (χ2n) is 2.67. The van der Waals surface area contributed by atoms with Crippen LogP contribution < -0.4 is 5.32 Å². The van der Waals surface area contributed by atoms with Crippen LogP contribution in [0, 0.1) is 0 Å². The number of carbonyl (C=O) groups is 1. The van der Waals surface area contributed by atoms with Crippen LogP contribution in [0.1, 0.15) is 16.1 Å². The van der Waals surface area contributed by atoms with Gasteiger partial charge in [-0.05, 0) is 40.0 Å². The lowest BCUT2D eigenvalue weighted by Crippen LogP contribution is -2.23. The summed E-state index contributed by atoms with van der Waals surface area (Å²) < 4.78 is 0.932. The highest BCUT2D eigenvalue weighted by Gasteiger charge is 2.06. The monoisotopic (exact) mass is 288 g/mol. The lowest BCUT2D eigenvalue weighted by atomic mass is 10.4. The maximum absolute atomic E-state index is 11.5. The third kappa shape index (κ3) is 4.33. The van der Waals surface area contributed by atoms with Crippen LogP contribution >= 0.6 is 27.3 Å². The van der Waals surface area contributed by atoms with Gasteiger partial charge < -0.3 is 5.32 Å². The van der Waals surface area contributed by atoms with Crippen molar-refractivity contribution in [3.8, 4) is 0 Å². The normalized spacial score (nSPS) is 9.40. The summed E-state index contributed by atoms with van der Waals surface area (Å²) in [6.45, 7) is 0.929. The molecule has 0 unspecified atom stereocenters. The molecule has 0 aliphatic carbocycles. The van der Waals surface area contributed by atoms with E-state index in [0.29, 0.717) is 24.4 Å². The molecule has 0 saturated carbocycles. The molecule has 1 rings (SSSR count). The number of halogens is 1. The van der Waals surface area contributed by atoms with Gasteiger partial charge in [-0.25, -0.2) is 0 Å². The molecular formula is C8H9BrN4OS. The van der Waals surface area contributed by atoms with Gasteiger partial charge in [0.25, 0.3) is 5.91 Å². The van der Waals surface area contributed by atoms with E-state index < -0.39 is 0 Å². The van der Waals surface area contributed by atoms with Gasteiger partial charge in [-0.15, -0.1) is 11.3 Å². The summed E-state index contributed by atoms with van der Waals surface area (Å²) >= 11 is 4.67. The molecule has 0 saturated heterocycles. The number of rotatable bonds is 5. The molecule has 7 heteroatoms. The number of nitrogens with one attached hydrogen (secondary N) is 1. The van der Waals surface area contributed by atoms with E-state index in [1.165, 1.54) is 11.3 Å². The molecule has 1 heterocycles. The molecule has 80 valence electrons. The van der Waals surface area contributed by atoms with Gasteiger partial charge in [0.15, 0.2) is 0 Å². The molecule has 0 bridgehead atoms. The van der Waals surface area contributed by atoms with Crippen LogP contribution in [0.25, 0.3) is 10.4 Å². The Hall–Kier alpha value is -1.04. The van der Waals surface area contributed by atoms with E-state index >= 15 is 0 Å². The summed E-state index contributed by atoms with van der Waals surface area (Å²) in [4.78, 5) is 14.8. The van der Waals surface area contributed by atoms with Gasteiger partial charge in [-0.2, -0.15) is 0 Å². The van der Waals surface area contributed by atoms with Crippen LogP contribution in [0.3, 0.4) is 0 Å². The predicted octanol–water partition coefficient (Wildman–Crippen LogP) is 2.94. The van der Waals surface area contributed by atoms with Crippen molar-refractivity contribution in [1.82, 2.24) is 5.32 Å². The minimum Gasteiger partial charge on any atom is -0.351 e. The molecule has 0 radical (unpaired) electrons. The summed E-state index contributed by atoms with van der Waals surface area (Å²) in [6, 6.07) is 3.59. The van der Waals surface area contributed by atoms with Crippen molar-refractivity contribution in [2.24, 2.45) is 5.11 Å². The maximum atomic E-state index is 11.5. The third-order valence-corrected chi connectivity index (χ3v) is 3.20. The van der Waals surface area contributed by atoms with E-state index in [2.05, 4.69) is 31.3 Å². The van der Waals surface area contributed by atoms with Crippen molar-refractivity contribution in [2.75, 3.05) is 13.1 Å². The van der Waals surface area contributed by atoms with Crippen LogP contribution in [-0.2, 0) is 0 Å². The van der Waals surface area contributed by atoms with E-state index in [1.54, 1.807) is 6.07 Å². The number of azide groups is 1. The first-order valence-corrected chi connectivity index (χ1v) is 5.89. The molecule has 1 amide bonds. The molecule has 15 heavy (non-hydrogen) atoms. The molecule has 1 aromatic rings. The molecule has 0 aromatic carbocycles. The standard InChI is InChI=1S/C8H9BrN4OS/c9-7-3-2-6(15-7)8(14)11-4-1-5-12-13-10/h2-3H,1,4-5H2,(H,11,14). The fraction of sp³-hybridized carbons (Fsp3) is 0.375. The molecule has 1 N–H and O–H groups in total. The largest absolute Gasteiger partial charge is 0.351 e. The van der Waals surface area contributed by atoms with Crippen molar-refractivity contribution >= 4 is 33.2 Å². The quantitative estimate of drug-likeness (QED) is 0.384. The molecule has 5 nitrogen and oxygen atoms in total. The average molecular weight is 289 g/mol. The number of thiophene rings is 1. The average Bonchev–Trinajstić information content (AvgIpc) is 2.64. The van der Waals surface area contributed by atoms with Crippen molar-refractivity contribution in [3.05, 3.63) is 31.2 Å². The van der Waals surface area contributed by atoms with E-state index in [9.17, 15) is 4.79 Å². The van der Waals surface area contributed by atoms with Crippen LogP contribution in [0.4, 0.5) is 0 Å². The highest BCUT2D eigenvalue weighted by Crippen LogP contribution is 2.21. The van der Waals surface area contributed by atoms with Crippen molar-refractivity contribution < 1.29 is 4.79 Å². The van der Waals surface area contributed by atoms with Crippen LogP contribution in [0.5, 0.6) is 0 Å². The minimum atomic E-state index is -0.0911. The van der Waals surface area contributed by atoms with Crippen molar-refractivity contribution in [3.63, 3.8) is 0 Å². The smallest absolute Gasteiger partial charge is 0.261 e. The van der Waals surface area contributed by atoms with Gasteiger partial charge in [-0.3, -0.25) is 4.79 Å². The SMILES string of the molecule is [N-]=[N+]=NCCCNC(=O)c1ccc(Br)s1. The topological polar surface area (TPSA) is 77.9 Å².